The minimum atomic E-state index is 0.359. The molecule has 6 nitrogen and oxygen atoms in total. The van der Waals surface area contributed by atoms with Gasteiger partial charge in [0.1, 0.15) is 0 Å². The highest BCUT2D eigenvalue weighted by atomic mass is 16.5. The molecule has 2 rings (SSSR count). The predicted molar refractivity (Wildman–Crippen MR) is 98.0 cm³/mol. The summed E-state index contributed by atoms with van der Waals surface area (Å²) in [5.74, 6) is 0.890. The molecular weight excluding hydrogens is 302 g/mol. The van der Waals surface area contributed by atoms with E-state index in [1.807, 2.05) is 24.0 Å². The predicted octanol–water partition coefficient (Wildman–Crippen LogP) is 2.46. The highest BCUT2D eigenvalue weighted by Gasteiger charge is 2.33. The van der Waals surface area contributed by atoms with Crippen molar-refractivity contribution in [3.63, 3.8) is 0 Å². The minimum Gasteiger partial charge on any atom is -0.382 e. The zero-order valence-electron chi connectivity index (χ0n) is 15.5. The summed E-state index contributed by atoms with van der Waals surface area (Å²) in [5, 5.41) is 11.1. The first kappa shape index (κ1) is 18.8. The molecule has 1 aliphatic carbocycles. The van der Waals surface area contributed by atoms with Crippen LogP contribution in [-0.4, -0.2) is 42.0 Å². The van der Waals surface area contributed by atoms with Crippen LogP contribution in [0.4, 0.5) is 0 Å². The van der Waals surface area contributed by atoms with Crippen molar-refractivity contribution in [2.24, 2.45) is 17.5 Å². The molecule has 0 aromatic carbocycles. The van der Waals surface area contributed by atoms with Crippen LogP contribution in [0.3, 0.4) is 0 Å². The van der Waals surface area contributed by atoms with Gasteiger partial charge in [0.05, 0.1) is 12.2 Å². The number of rotatable bonds is 9. The van der Waals surface area contributed by atoms with E-state index in [4.69, 9.17) is 9.73 Å². The third-order valence-corrected chi connectivity index (χ3v) is 4.94. The molecule has 136 valence electrons. The summed E-state index contributed by atoms with van der Waals surface area (Å²) >= 11 is 0. The lowest BCUT2D eigenvalue weighted by molar-refractivity contribution is 0.105. The maximum Gasteiger partial charge on any atom is 0.191 e. The summed E-state index contributed by atoms with van der Waals surface area (Å²) in [6, 6.07) is 2.01. The molecule has 0 amide bonds. The second kappa shape index (κ2) is 9.67. The number of aryl methyl sites for hydroxylation is 1. The van der Waals surface area contributed by atoms with Crippen molar-refractivity contribution in [3.8, 4) is 0 Å². The zero-order valence-corrected chi connectivity index (χ0v) is 15.5. The van der Waals surface area contributed by atoms with Crippen molar-refractivity contribution in [1.29, 1.82) is 0 Å². The van der Waals surface area contributed by atoms with Gasteiger partial charge in [-0.15, -0.1) is 0 Å². The molecule has 0 unspecified atom stereocenters. The summed E-state index contributed by atoms with van der Waals surface area (Å²) < 4.78 is 7.47. The van der Waals surface area contributed by atoms with Crippen molar-refractivity contribution >= 4 is 5.96 Å². The monoisotopic (exact) mass is 335 g/mol. The molecule has 0 bridgehead atoms. The van der Waals surface area contributed by atoms with Crippen molar-refractivity contribution in [2.75, 3.05) is 26.3 Å². The van der Waals surface area contributed by atoms with Gasteiger partial charge in [0, 0.05) is 39.5 Å². The third kappa shape index (κ3) is 5.51. The highest BCUT2D eigenvalue weighted by molar-refractivity contribution is 5.79. The lowest BCUT2D eigenvalue weighted by Gasteiger charge is -2.30. The molecule has 0 radical (unpaired) electrons. The normalized spacial score (nSPS) is 17.2. The molecule has 0 spiro atoms. The standard InChI is InChI=1S/C18H33N5O/c1-4-19-17(20-14-16-8-12-22-23(16)3)21-15-18(9-6-7-10-18)11-13-24-5-2/h8,12H,4-7,9-11,13-15H2,1-3H3,(H2,19,20,21). The Kier molecular flexibility index (Phi) is 7.56. The largest absolute Gasteiger partial charge is 0.382 e. The molecule has 0 saturated heterocycles. The summed E-state index contributed by atoms with van der Waals surface area (Å²) in [6.07, 6.45) is 8.18. The van der Waals surface area contributed by atoms with Gasteiger partial charge in [-0.3, -0.25) is 4.68 Å². The van der Waals surface area contributed by atoms with Crippen molar-refractivity contribution < 1.29 is 4.74 Å². The fraction of sp³-hybridized carbons (Fsp3) is 0.778. The van der Waals surface area contributed by atoms with Gasteiger partial charge in [0.2, 0.25) is 0 Å². The molecule has 1 aromatic rings. The fourth-order valence-electron chi connectivity index (χ4n) is 3.40. The Hall–Kier alpha value is -1.56. The fourth-order valence-corrected chi connectivity index (χ4v) is 3.40. The molecule has 2 N–H and O–H groups in total. The SMILES string of the molecule is CCNC(=NCc1ccnn1C)NCC1(CCOCC)CCCC1. The van der Waals surface area contributed by atoms with Crippen LogP contribution in [0.25, 0.3) is 0 Å². The van der Waals surface area contributed by atoms with Gasteiger partial charge in [0.15, 0.2) is 5.96 Å². The number of hydrogen-bond acceptors (Lipinski definition) is 3. The van der Waals surface area contributed by atoms with Crippen LogP contribution in [0.1, 0.15) is 51.6 Å². The third-order valence-electron chi connectivity index (χ3n) is 4.94. The maximum atomic E-state index is 5.60. The number of nitrogens with zero attached hydrogens (tertiary/aromatic N) is 3. The highest BCUT2D eigenvalue weighted by Crippen LogP contribution is 2.40. The molecule has 0 aliphatic heterocycles. The van der Waals surface area contributed by atoms with E-state index >= 15 is 0 Å². The van der Waals surface area contributed by atoms with E-state index in [0.717, 1.165) is 44.4 Å². The number of nitrogens with one attached hydrogen (secondary N) is 2. The van der Waals surface area contributed by atoms with Crippen molar-refractivity contribution in [2.45, 2.75) is 52.5 Å². The first-order valence-electron chi connectivity index (χ1n) is 9.26. The number of aliphatic imine (C=N–C) groups is 1. The van der Waals surface area contributed by atoms with Crippen molar-refractivity contribution in [3.05, 3.63) is 18.0 Å². The number of aromatic nitrogens is 2. The van der Waals surface area contributed by atoms with E-state index in [1.165, 1.54) is 25.7 Å². The van der Waals surface area contributed by atoms with E-state index in [-0.39, 0.29) is 0 Å². The second-order valence-electron chi connectivity index (χ2n) is 6.65. The van der Waals surface area contributed by atoms with Gasteiger partial charge in [-0.1, -0.05) is 12.8 Å². The van der Waals surface area contributed by atoms with Gasteiger partial charge in [-0.25, -0.2) is 4.99 Å². The topological polar surface area (TPSA) is 63.5 Å². The Morgan fingerprint density at radius 2 is 2.12 bits per heavy atom. The van der Waals surface area contributed by atoms with Gasteiger partial charge in [0.25, 0.3) is 0 Å². The van der Waals surface area contributed by atoms with E-state index in [1.54, 1.807) is 0 Å². The Morgan fingerprint density at radius 1 is 1.33 bits per heavy atom. The second-order valence-corrected chi connectivity index (χ2v) is 6.65. The Morgan fingerprint density at radius 3 is 2.75 bits per heavy atom. The lowest BCUT2D eigenvalue weighted by atomic mass is 9.83. The molecule has 1 fully saturated rings. The van der Waals surface area contributed by atoms with Gasteiger partial charge >= 0.3 is 0 Å². The molecule has 0 atom stereocenters. The van der Waals surface area contributed by atoms with Crippen molar-refractivity contribution in [1.82, 2.24) is 20.4 Å². The molecule has 1 aromatic heterocycles. The minimum absolute atomic E-state index is 0.359. The van der Waals surface area contributed by atoms with Gasteiger partial charge in [-0.2, -0.15) is 5.10 Å². The van der Waals surface area contributed by atoms with Gasteiger partial charge in [-0.05, 0) is 44.6 Å². The Labute approximate surface area is 146 Å². The van der Waals surface area contributed by atoms with Crippen LogP contribution in [-0.2, 0) is 18.3 Å². The first-order chi connectivity index (χ1) is 11.7. The van der Waals surface area contributed by atoms with Crippen LogP contribution < -0.4 is 10.6 Å². The molecular formula is C18H33N5O. The zero-order chi connectivity index (χ0) is 17.3. The average Bonchev–Trinajstić information content (AvgIpc) is 3.20. The summed E-state index contributed by atoms with van der Waals surface area (Å²) in [6.45, 7) is 8.30. The maximum absolute atomic E-state index is 5.60. The quantitative estimate of drug-likeness (QED) is 0.413. The number of hydrogen-bond donors (Lipinski definition) is 2. The van der Waals surface area contributed by atoms with E-state index in [2.05, 4.69) is 29.6 Å². The van der Waals surface area contributed by atoms with Crippen LogP contribution in [0, 0.1) is 5.41 Å². The van der Waals surface area contributed by atoms with Crippen LogP contribution >= 0.6 is 0 Å². The summed E-state index contributed by atoms with van der Waals surface area (Å²) in [5.41, 5.74) is 1.47. The number of ether oxygens (including phenoxy) is 1. The van der Waals surface area contributed by atoms with Crippen LogP contribution in [0.5, 0.6) is 0 Å². The molecule has 1 aliphatic rings. The average molecular weight is 335 g/mol. The van der Waals surface area contributed by atoms with Gasteiger partial charge < -0.3 is 15.4 Å². The smallest absolute Gasteiger partial charge is 0.191 e. The van der Waals surface area contributed by atoms with Crippen LogP contribution in [0.2, 0.25) is 0 Å². The summed E-state index contributed by atoms with van der Waals surface area (Å²) in [7, 11) is 1.95. The Bertz CT molecular complexity index is 505. The molecule has 1 heterocycles. The molecule has 1 saturated carbocycles. The molecule has 24 heavy (non-hydrogen) atoms. The van der Waals surface area contributed by atoms with E-state index < -0.39 is 0 Å². The van der Waals surface area contributed by atoms with E-state index in [9.17, 15) is 0 Å². The first-order valence-corrected chi connectivity index (χ1v) is 9.26. The van der Waals surface area contributed by atoms with Crippen LogP contribution in [0.15, 0.2) is 17.3 Å². The molecule has 6 heteroatoms. The number of guanidine groups is 1. The van der Waals surface area contributed by atoms with E-state index in [0.29, 0.717) is 12.0 Å². The summed E-state index contributed by atoms with van der Waals surface area (Å²) in [4.78, 5) is 4.71. The Balaban J connectivity index is 1.92. The lowest BCUT2D eigenvalue weighted by Crippen LogP contribution is -2.43.